The molecule has 0 aromatic heterocycles. The number of hydrogen-bond acceptors (Lipinski definition) is 0. The lowest BCUT2D eigenvalue weighted by molar-refractivity contribution is 0.813. The van der Waals surface area contributed by atoms with Crippen molar-refractivity contribution in [3.63, 3.8) is 0 Å². The Bertz CT molecular complexity index is 289. The molecule has 0 bridgehead atoms. The fourth-order valence-corrected chi connectivity index (χ4v) is 1.92. The third-order valence-corrected chi connectivity index (χ3v) is 3.24. The van der Waals surface area contributed by atoms with E-state index in [1.54, 1.807) is 0 Å². The highest BCUT2D eigenvalue weighted by Crippen LogP contribution is 2.12. The zero-order chi connectivity index (χ0) is 10.2. The Kier molecular flexibility index (Phi) is 5.92. The van der Waals surface area contributed by atoms with Crippen LogP contribution in [0.15, 0.2) is 36.4 Å². The van der Waals surface area contributed by atoms with Crippen LogP contribution < -0.4 is 0 Å². The molecule has 1 aromatic carbocycles. The Morgan fingerprint density at radius 2 is 2.00 bits per heavy atom. The second-order valence-corrected chi connectivity index (χ2v) is 4.57. The van der Waals surface area contributed by atoms with Crippen molar-refractivity contribution in [2.75, 3.05) is 0 Å². The van der Waals surface area contributed by atoms with E-state index in [0.717, 1.165) is 6.42 Å². The van der Waals surface area contributed by atoms with Crippen molar-refractivity contribution in [1.29, 1.82) is 0 Å². The van der Waals surface area contributed by atoms with Crippen molar-refractivity contribution in [1.82, 2.24) is 0 Å². The molecule has 0 spiro atoms. The summed E-state index contributed by atoms with van der Waals surface area (Å²) in [7, 11) is 0. The minimum Gasteiger partial charge on any atom is -0.0882 e. The monoisotopic (exact) mass is 300 g/mol. The van der Waals surface area contributed by atoms with Crippen LogP contribution in [-0.4, -0.2) is 0 Å². The van der Waals surface area contributed by atoms with Gasteiger partial charge in [-0.15, -0.1) is 0 Å². The van der Waals surface area contributed by atoms with Crippen LogP contribution in [0.1, 0.15) is 31.7 Å². The lowest BCUT2D eigenvalue weighted by Gasteiger charge is -1.99. The summed E-state index contributed by atoms with van der Waals surface area (Å²) in [6.45, 7) is 2.23. The average Bonchev–Trinajstić information content (AvgIpc) is 2.20. The van der Waals surface area contributed by atoms with Gasteiger partial charge in [-0.05, 0) is 47.1 Å². The summed E-state index contributed by atoms with van der Waals surface area (Å²) in [4.78, 5) is 0. The van der Waals surface area contributed by atoms with Crippen LogP contribution in [0.25, 0.3) is 0 Å². The molecule has 0 radical (unpaired) electrons. The van der Waals surface area contributed by atoms with Gasteiger partial charge in [0.05, 0.1) is 0 Å². The molecule has 14 heavy (non-hydrogen) atoms. The molecule has 0 amide bonds. The molecule has 0 aliphatic heterocycles. The molecule has 1 rings (SSSR count). The number of hydrogen-bond donors (Lipinski definition) is 0. The van der Waals surface area contributed by atoms with Gasteiger partial charge in [-0.3, -0.25) is 0 Å². The maximum absolute atomic E-state index is 2.39. The molecule has 76 valence electrons. The topological polar surface area (TPSA) is 0 Å². The van der Waals surface area contributed by atoms with E-state index >= 15 is 0 Å². The fraction of sp³-hybridized carbons (Fsp3) is 0.385. The van der Waals surface area contributed by atoms with Gasteiger partial charge in [0.1, 0.15) is 0 Å². The van der Waals surface area contributed by atoms with Crippen molar-refractivity contribution in [2.24, 2.45) is 0 Å². The van der Waals surface area contributed by atoms with E-state index in [-0.39, 0.29) is 0 Å². The maximum Gasteiger partial charge on any atom is 0.0165 e. The summed E-state index contributed by atoms with van der Waals surface area (Å²) in [6.07, 6.45) is 9.47. The van der Waals surface area contributed by atoms with Crippen LogP contribution in [0.4, 0.5) is 0 Å². The molecule has 0 N–H and O–H groups in total. The summed E-state index contributed by atoms with van der Waals surface area (Å²) in [5.74, 6) is 0. The highest BCUT2D eigenvalue weighted by molar-refractivity contribution is 14.1. The Balaban J connectivity index is 2.38. The molecule has 1 aromatic rings. The number of unbranched alkanes of at least 4 members (excludes halogenated alkanes) is 2. The lowest BCUT2D eigenvalue weighted by atomic mass is 10.1. The van der Waals surface area contributed by atoms with Gasteiger partial charge in [-0.2, -0.15) is 0 Å². The summed E-state index contributed by atoms with van der Waals surface area (Å²) in [5, 5.41) is 0. The third-order valence-electron chi connectivity index (χ3n) is 2.19. The third kappa shape index (κ3) is 4.27. The molecule has 0 fully saturated rings. The van der Waals surface area contributed by atoms with Crippen LogP contribution in [0.5, 0.6) is 0 Å². The second kappa shape index (κ2) is 7.04. The van der Waals surface area contributed by atoms with Crippen molar-refractivity contribution in [3.8, 4) is 0 Å². The van der Waals surface area contributed by atoms with Gasteiger partial charge in [0.2, 0.25) is 0 Å². The zero-order valence-corrected chi connectivity index (χ0v) is 10.8. The quantitative estimate of drug-likeness (QED) is 0.424. The van der Waals surface area contributed by atoms with E-state index in [1.807, 2.05) is 0 Å². The van der Waals surface area contributed by atoms with Crippen LogP contribution >= 0.6 is 22.6 Å². The molecule has 0 aliphatic rings. The molecule has 0 nitrogen and oxygen atoms in total. The largest absolute Gasteiger partial charge is 0.0882 e. The molecule has 0 aliphatic carbocycles. The summed E-state index contributed by atoms with van der Waals surface area (Å²) < 4.78 is 1.37. The molecule has 0 unspecified atom stereocenters. The maximum atomic E-state index is 2.39. The van der Waals surface area contributed by atoms with Crippen molar-refractivity contribution in [3.05, 3.63) is 45.6 Å². The normalized spacial score (nSPS) is 11.0. The summed E-state index contributed by atoms with van der Waals surface area (Å²) in [5.41, 5.74) is 1.43. The SMILES string of the molecule is CCCC/C=C\Cc1ccccc1I. The zero-order valence-electron chi connectivity index (χ0n) is 8.67. The smallest absolute Gasteiger partial charge is 0.0165 e. The van der Waals surface area contributed by atoms with Crippen LogP contribution in [-0.2, 0) is 6.42 Å². The minimum absolute atomic E-state index is 1.07. The standard InChI is InChI=1S/C13H17I/c1-2-3-4-5-6-9-12-10-7-8-11-13(12)14/h5-8,10-11H,2-4,9H2,1H3/b6-5-. The molecule has 0 saturated carbocycles. The number of halogens is 1. The van der Waals surface area contributed by atoms with Crippen LogP contribution in [0.3, 0.4) is 0 Å². The van der Waals surface area contributed by atoms with Crippen LogP contribution in [0, 0.1) is 3.57 Å². The molecular formula is C13H17I. The first-order valence-electron chi connectivity index (χ1n) is 5.23. The van der Waals surface area contributed by atoms with E-state index in [2.05, 4.69) is 65.9 Å². The molecular weight excluding hydrogens is 283 g/mol. The van der Waals surface area contributed by atoms with E-state index in [0.29, 0.717) is 0 Å². The minimum atomic E-state index is 1.07. The fourth-order valence-electron chi connectivity index (χ4n) is 1.31. The lowest BCUT2D eigenvalue weighted by Crippen LogP contribution is -1.84. The van der Waals surface area contributed by atoms with E-state index < -0.39 is 0 Å². The van der Waals surface area contributed by atoms with Gasteiger partial charge in [-0.25, -0.2) is 0 Å². The second-order valence-electron chi connectivity index (χ2n) is 3.41. The summed E-state index contributed by atoms with van der Waals surface area (Å²) in [6, 6.07) is 8.56. The number of rotatable bonds is 5. The predicted octanol–water partition coefficient (Wildman–Crippen LogP) is 4.58. The van der Waals surface area contributed by atoms with Gasteiger partial charge in [0, 0.05) is 3.57 Å². The van der Waals surface area contributed by atoms with Gasteiger partial charge >= 0.3 is 0 Å². The van der Waals surface area contributed by atoms with E-state index in [9.17, 15) is 0 Å². The molecule has 0 heterocycles. The Morgan fingerprint density at radius 3 is 2.71 bits per heavy atom. The van der Waals surface area contributed by atoms with Crippen molar-refractivity contribution < 1.29 is 0 Å². The van der Waals surface area contributed by atoms with Gasteiger partial charge in [0.25, 0.3) is 0 Å². The van der Waals surface area contributed by atoms with Gasteiger partial charge in [0.15, 0.2) is 0 Å². The van der Waals surface area contributed by atoms with Crippen molar-refractivity contribution in [2.45, 2.75) is 32.6 Å². The first-order chi connectivity index (χ1) is 6.84. The van der Waals surface area contributed by atoms with E-state index in [1.165, 1.54) is 28.4 Å². The summed E-state index contributed by atoms with van der Waals surface area (Å²) >= 11 is 2.39. The average molecular weight is 300 g/mol. The molecule has 0 saturated heterocycles. The Morgan fingerprint density at radius 1 is 1.21 bits per heavy atom. The highest BCUT2D eigenvalue weighted by atomic mass is 127. The van der Waals surface area contributed by atoms with Crippen molar-refractivity contribution >= 4 is 22.6 Å². The number of benzene rings is 1. The predicted molar refractivity (Wildman–Crippen MR) is 71.5 cm³/mol. The van der Waals surface area contributed by atoms with Gasteiger partial charge in [-0.1, -0.05) is 50.1 Å². The molecule has 0 atom stereocenters. The number of allylic oxidation sites excluding steroid dienone is 2. The first-order valence-corrected chi connectivity index (χ1v) is 6.31. The van der Waals surface area contributed by atoms with Crippen LogP contribution in [0.2, 0.25) is 0 Å². The van der Waals surface area contributed by atoms with E-state index in [4.69, 9.17) is 0 Å². The molecule has 1 heteroatoms. The Hall–Kier alpha value is -0.310. The van der Waals surface area contributed by atoms with Gasteiger partial charge < -0.3 is 0 Å². The highest BCUT2D eigenvalue weighted by Gasteiger charge is 1.93. The first kappa shape index (κ1) is 11.8. The Labute approximate surface area is 101 Å².